The third kappa shape index (κ3) is 4.07. The summed E-state index contributed by atoms with van der Waals surface area (Å²) in [5.74, 6) is -0.289. The standard InChI is InChI=1S/C23H24BrNO5/c1-4-11-25-20(14-7-6-8-16(12-14)30-5-2)19(22(27)23(25)28)21(26)15-9-10-18(29-3)17(24)13-15/h6-10,12-13,20,26H,4-5,11H2,1-3H3/b21-19+. The number of rotatable bonds is 7. The first-order chi connectivity index (χ1) is 14.4. The van der Waals surface area contributed by atoms with Crippen molar-refractivity contribution in [3.63, 3.8) is 0 Å². The lowest BCUT2D eigenvalue weighted by Gasteiger charge is -2.25. The van der Waals surface area contributed by atoms with Crippen molar-refractivity contribution in [2.45, 2.75) is 26.3 Å². The second-order valence-corrected chi connectivity index (χ2v) is 7.70. The zero-order valence-electron chi connectivity index (χ0n) is 17.1. The van der Waals surface area contributed by atoms with Crippen molar-refractivity contribution in [1.82, 2.24) is 4.90 Å². The number of aliphatic hydroxyl groups excluding tert-OH is 1. The van der Waals surface area contributed by atoms with E-state index in [1.807, 2.05) is 32.0 Å². The SMILES string of the molecule is CCCN1C(=O)C(=O)/C(=C(/O)c2ccc(OC)c(Br)c2)C1c1cccc(OCC)c1. The molecule has 158 valence electrons. The number of Topliss-reactive ketones (excluding diaryl/α,β-unsaturated/α-hetero) is 1. The number of methoxy groups -OCH3 is 1. The van der Waals surface area contributed by atoms with Crippen LogP contribution in [-0.4, -0.2) is 42.0 Å². The minimum absolute atomic E-state index is 0.0687. The highest BCUT2D eigenvalue weighted by Gasteiger charge is 2.45. The van der Waals surface area contributed by atoms with Gasteiger partial charge in [0.25, 0.3) is 11.7 Å². The number of aliphatic hydroxyl groups is 1. The maximum atomic E-state index is 12.9. The lowest BCUT2D eigenvalue weighted by atomic mass is 9.95. The zero-order chi connectivity index (χ0) is 21.8. The van der Waals surface area contributed by atoms with Gasteiger partial charge in [-0.15, -0.1) is 0 Å². The fourth-order valence-corrected chi connectivity index (χ4v) is 4.15. The fourth-order valence-electron chi connectivity index (χ4n) is 3.61. The van der Waals surface area contributed by atoms with Crippen LogP contribution < -0.4 is 9.47 Å². The van der Waals surface area contributed by atoms with Crippen LogP contribution >= 0.6 is 15.9 Å². The predicted octanol–water partition coefficient (Wildman–Crippen LogP) is 4.69. The molecule has 30 heavy (non-hydrogen) atoms. The molecule has 0 radical (unpaired) electrons. The van der Waals surface area contributed by atoms with Crippen molar-refractivity contribution in [2.75, 3.05) is 20.3 Å². The van der Waals surface area contributed by atoms with E-state index < -0.39 is 17.7 Å². The van der Waals surface area contributed by atoms with Crippen molar-refractivity contribution >= 4 is 33.4 Å². The van der Waals surface area contributed by atoms with Crippen molar-refractivity contribution in [1.29, 1.82) is 0 Å². The van der Waals surface area contributed by atoms with Gasteiger partial charge in [0.05, 0.1) is 29.8 Å². The molecule has 7 heteroatoms. The normalized spacial score (nSPS) is 18.0. The Hall–Kier alpha value is -2.80. The lowest BCUT2D eigenvalue weighted by molar-refractivity contribution is -0.139. The van der Waals surface area contributed by atoms with Crippen LogP contribution in [0.25, 0.3) is 5.76 Å². The fraction of sp³-hybridized carbons (Fsp3) is 0.304. The molecule has 1 saturated heterocycles. The van der Waals surface area contributed by atoms with Gasteiger partial charge in [-0.25, -0.2) is 0 Å². The van der Waals surface area contributed by atoms with E-state index in [1.165, 1.54) is 4.90 Å². The van der Waals surface area contributed by atoms with Gasteiger partial charge in [-0.1, -0.05) is 19.1 Å². The molecule has 6 nitrogen and oxygen atoms in total. The van der Waals surface area contributed by atoms with E-state index in [9.17, 15) is 14.7 Å². The van der Waals surface area contributed by atoms with Gasteiger partial charge in [0.15, 0.2) is 0 Å². The van der Waals surface area contributed by atoms with E-state index >= 15 is 0 Å². The number of carbonyl (C=O) groups is 2. The molecule has 1 unspecified atom stereocenters. The van der Waals surface area contributed by atoms with Crippen LogP contribution in [0.3, 0.4) is 0 Å². The van der Waals surface area contributed by atoms with E-state index in [2.05, 4.69) is 15.9 Å². The van der Waals surface area contributed by atoms with Crippen molar-refractivity contribution in [3.05, 3.63) is 63.6 Å². The Morgan fingerprint density at radius 3 is 2.57 bits per heavy atom. The summed E-state index contributed by atoms with van der Waals surface area (Å²) < 4.78 is 11.5. The van der Waals surface area contributed by atoms with E-state index in [0.717, 1.165) is 0 Å². The first kappa shape index (κ1) is 21.9. The van der Waals surface area contributed by atoms with Gasteiger partial charge in [0.1, 0.15) is 17.3 Å². The summed E-state index contributed by atoms with van der Waals surface area (Å²) in [6.45, 7) is 4.72. The van der Waals surface area contributed by atoms with Crippen molar-refractivity contribution < 1.29 is 24.2 Å². The van der Waals surface area contributed by atoms with Gasteiger partial charge in [-0.05, 0) is 65.2 Å². The molecule has 2 aromatic carbocycles. The van der Waals surface area contributed by atoms with E-state index in [-0.39, 0.29) is 11.3 Å². The summed E-state index contributed by atoms with van der Waals surface area (Å²) in [5, 5.41) is 11.1. The molecule has 1 heterocycles. The summed E-state index contributed by atoms with van der Waals surface area (Å²) in [7, 11) is 1.54. The molecule has 1 atom stereocenters. The molecule has 3 rings (SSSR count). The van der Waals surface area contributed by atoms with Crippen LogP contribution in [0.1, 0.15) is 37.4 Å². The number of nitrogens with zero attached hydrogens (tertiary/aromatic N) is 1. The Morgan fingerprint density at radius 2 is 1.93 bits per heavy atom. The monoisotopic (exact) mass is 473 g/mol. The van der Waals surface area contributed by atoms with Crippen LogP contribution in [0.4, 0.5) is 0 Å². The average molecular weight is 474 g/mol. The molecule has 0 bridgehead atoms. The lowest BCUT2D eigenvalue weighted by Crippen LogP contribution is -2.30. The molecule has 1 N–H and O–H groups in total. The van der Waals surface area contributed by atoms with Crippen LogP contribution in [0.15, 0.2) is 52.5 Å². The van der Waals surface area contributed by atoms with E-state index in [1.54, 1.807) is 31.4 Å². The third-order valence-electron chi connectivity index (χ3n) is 4.91. The third-order valence-corrected chi connectivity index (χ3v) is 5.53. The summed E-state index contributed by atoms with van der Waals surface area (Å²) in [6, 6.07) is 11.6. The predicted molar refractivity (Wildman–Crippen MR) is 118 cm³/mol. The molecule has 0 spiro atoms. The molecule has 1 fully saturated rings. The number of carbonyl (C=O) groups excluding carboxylic acids is 2. The number of amides is 1. The Labute approximate surface area is 184 Å². The number of ether oxygens (including phenoxy) is 2. The highest BCUT2D eigenvalue weighted by Crippen LogP contribution is 2.41. The number of hydrogen-bond donors (Lipinski definition) is 1. The van der Waals surface area contributed by atoms with Crippen LogP contribution in [-0.2, 0) is 9.59 Å². The second kappa shape index (κ2) is 9.34. The molecule has 0 saturated carbocycles. The van der Waals surface area contributed by atoms with Gasteiger partial charge in [-0.2, -0.15) is 0 Å². The number of hydrogen-bond acceptors (Lipinski definition) is 5. The summed E-state index contributed by atoms with van der Waals surface area (Å²) in [4.78, 5) is 27.2. The van der Waals surface area contributed by atoms with Crippen LogP contribution in [0.2, 0.25) is 0 Å². The average Bonchev–Trinajstić information content (AvgIpc) is 2.99. The zero-order valence-corrected chi connectivity index (χ0v) is 18.7. The van der Waals surface area contributed by atoms with Gasteiger partial charge in [0.2, 0.25) is 0 Å². The number of likely N-dealkylation sites (tertiary alicyclic amines) is 1. The van der Waals surface area contributed by atoms with Gasteiger partial charge < -0.3 is 19.5 Å². The summed E-state index contributed by atoms with van der Waals surface area (Å²) in [6.07, 6.45) is 0.683. The molecule has 1 aliphatic heterocycles. The van der Waals surface area contributed by atoms with Gasteiger partial charge in [-0.3, -0.25) is 9.59 Å². The molecule has 2 aromatic rings. The largest absolute Gasteiger partial charge is 0.507 e. The Bertz CT molecular complexity index is 1000. The van der Waals surface area contributed by atoms with Gasteiger partial charge >= 0.3 is 0 Å². The van der Waals surface area contributed by atoms with E-state index in [0.29, 0.717) is 46.7 Å². The molecular weight excluding hydrogens is 450 g/mol. The van der Waals surface area contributed by atoms with E-state index in [4.69, 9.17) is 9.47 Å². The minimum atomic E-state index is -0.695. The number of ketones is 1. The quantitative estimate of drug-likeness (QED) is 0.358. The molecule has 1 amide bonds. The smallest absolute Gasteiger partial charge is 0.295 e. The van der Waals surface area contributed by atoms with Crippen molar-refractivity contribution in [3.8, 4) is 11.5 Å². The molecule has 0 aromatic heterocycles. The highest BCUT2D eigenvalue weighted by molar-refractivity contribution is 9.10. The number of halogens is 1. The topological polar surface area (TPSA) is 76.1 Å². The maximum Gasteiger partial charge on any atom is 0.295 e. The second-order valence-electron chi connectivity index (χ2n) is 6.85. The first-order valence-electron chi connectivity index (χ1n) is 9.78. The van der Waals surface area contributed by atoms with Crippen LogP contribution in [0.5, 0.6) is 11.5 Å². The van der Waals surface area contributed by atoms with Gasteiger partial charge in [0, 0.05) is 12.1 Å². The minimum Gasteiger partial charge on any atom is -0.507 e. The summed E-state index contributed by atoms with van der Waals surface area (Å²) in [5.41, 5.74) is 1.20. The van der Waals surface area contributed by atoms with Crippen LogP contribution in [0, 0.1) is 0 Å². The maximum absolute atomic E-state index is 12.9. The number of benzene rings is 2. The molecule has 0 aliphatic carbocycles. The summed E-state index contributed by atoms with van der Waals surface area (Å²) >= 11 is 3.40. The Morgan fingerprint density at radius 1 is 1.17 bits per heavy atom. The molecule has 1 aliphatic rings. The molecular formula is C23H24BrNO5. The van der Waals surface area contributed by atoms with Crippen molar-refractivity contribution in [2.24, 2.45) is 0 Å². The first-order valence-corrected chi connectivity index (χ1v) is 10.6. The Kier molecular flexibility index (Phi) is 6.82. The Balaban J connectivity index is 2.17. The highest BCUT2D eigenvalue weighted by atomic mass is 79.9.